The standard InChI is InChI=1S/C29H24F4N2O2S/c1-15-19(13-20-21(31)9-5-10-22(20)32)29-35(23(14-38-29)27(34)16-6-3-7-17(30)12-16)28(36)25(15)18-8-4-11-24(37-2)26(18)33/h3-12,23,27H,13-14,34H2,1-2H3/t23-,27?/m0/s1. The number of rotatable bonds is 6. The van der Waals surface area contributed by atoms with Crippen molar-refractivity contribution in [3.05, 3.63) is 117 Å². The van der Waals surface area contributed by atoms with Crippen LogP contribution in [0.4, 0.5) is 17.6 Å². The molecule has 1 unspecified atom stereocenters. The zero-order valence-electron chi connectivity index (χ0n) is 20.6. The molecule has 1 aliphatic rings. The Hall–Kier alpha value is -3.56. The van der Waals surface area contributed by atoms with Crippen LogP contribution in [0.3, 0.4) is 0 Å². The summed E-state index contributed by atoms with van der Waals surface area (Å²) in [6.07, 6.45) is -0.159. The Morgan fingerprint density at radius 1 is 1.03 bits per heavy atom. The van der Waals surface area contributed by atoms with Crippen LogP contribution in [-0.2, 0) is 6.42 Å². The van der Waals surface area contributed by atoms with Crippen molar-refractivity contribution in [1.29, 1.82) is 0 Å². The van der Waals surface area contributed by atoms with Crippen molar-refractivity contribution < 1.29 is 22.3 Å². The van der Waals surface area contributed by atoms with Gasteiger partial charge in [-0.25, -0.2) is 17.6 Å². The van der Waals surface area contributed by atoms with E-state index in [0.29, 0.717) is 27.5 Å². The fourth-order valence-corrected chi connectivity index (χ4v) is 6.43. The monoisotopic (exact) mass is 540 g/mol. The number of methoxy groups -OCH3 is 1. The predicted molar refractivity (Wildman–Crippen MR) is 140 cm³/mol. The van der Waals surface area contributed by atoms with Gasteiger partial charge in [-0.15, -0.1) is 11.8 Å². The molecule has 2 atom stereocenters. The average molecular weight is 541 g/mol. The molecule has 0 saturated heterocycles. The lowest BCUT2D eigenvalue weighted by molar-refractivity contribution is 0.387. The number of hydrogen-bond donors (Lipinski definition) is 1. The maximum atomic E-state index is 15.5. The van der Waals surface area contributed by atoms with Gasteiger partial charge in [-0.05, 0) is 53.9 Å². The van der Waals surface area contributed by atoms with E-state index in [1.807, 2.05) is 0 Å². The lowest BCUT2D eigenvalue weighted by Crippen LogP contribution is -2.33. The molecule has 0 saturated carbocycles. The van der Waals surface area contributed by atoms with E-state index in [-0.39, 0.29) is 28.9 Å². The highest BCUT2D eigenvalue weighted by Gasteiger charge is 2.35. The Morgan fingerprint density at radius 2 is 1.71 bits per heavy atom. The van der Waals surface area contributed by atoms with Crippen molar-refractivity contribution >= 4 is 11.8 Å². The summed E-state index contributed by atoms with van der Waals surface area (Å²) in [7, 11) is 1.32. The van der Waals surface area contributed by atoms with Crippen molar-refractivity contribution in [1.82, 2.24) is 4.57 Å². The van der Waals surface area contributed by atoms with Gasteiger partial charge in [0.2, 0.25) is 0 Å². The highest BCUT2D eigenvalue weighted by Crippen LogP contribution is 2.44. The molecule has 1 aliphatic heterocycles. The number of halogens is 4. The molecule has 5 rings (SSSR count). The molecular formula is C29H24F4N2O2S. The molecule has 0 fully saturated rings. The molecule has 2 heterocycles. The lowest BCUT2D eigenvalue weighted by atomic mass is 9.93. The first-order valence-electron chi connectivity index (χ1n) is 11.9. The van der Waals surface area contributed by atoms with Gasteiger partial charge < -0.3 is 10.5 Å². The molecule has 0 amide bonds. The maximum Gasteiger partial charge on any atom is 0.260 e. The van der Waals surface area contributed by atoms with Crippen molar-refractivity contribution in [3.63, 3.8) is 0 Å². The van der Waals surface area contributed by atoms with E-state index >= 15 is 4.39 Å². The minimum atomic E-state index is -0.763. The minimum absolute atomic E-state index is 0.00684. The number of ether oxygens (including phenoxy) is 1. The molecule has 0 bridgehead atoms. The Labute approximate surface area is 221 Å². The predicted octanol–water partition coefficient (Wildman–Crippen LogP) is 6.33. The van der Waals surface area contributed by atoms with Gasteiger partial charge in [0.1, 0.15) is 17.5 Å². The van der Waals surface area contributed by atoms with Gasteiger partial charge in [-0.1, -0.05) is 30.3 Å². The highest BCUT2D eigenvalue weighted by atomic mass is 32.2. The van der Waals surface area contributed by atoms with E-state index in [1.54, 1.807) is 19.1 Å². The molecular weight excluding hydrogens is 516 g/mol. The summed E-state index contributed by atoms with van der Waals surface area (Å²) in [4.78, 5) is 14.0. The zero-order chi connectivity index (χ0) is 27.1. The topological polar surface area (TPSA) is 57.2 Å². The summed E-state index contributed by atoms with van der Waals surface area (Å²) >= 11 is 1.33. The molecule has 1 aromatic heterocycles. The second kappa shape index (κ2) is 10.3. The summed E-state index contributed by atoms with van der Waals surface area (Å²) in [5, 5.41) is 0.499. The number of pyridine rings is 1. The van der Waals surface area contributed by atoms with Gasteiger partial charge in [-0.3, -0.25) is 9.36 Å². The maximum absolute atomic E-state index is 15.5. The van der Waals surface area contributed by atoms with Gasteiger partial charge in [0.15, 0.2) is 11.6 Å². The smallest absolute Gasteiger partial charge is 0.260 e. The second-order valence-electron chi connectivity index (χ2n) is 9.12. The Bertz CT molecular complexity index is 1580. The number of thioether (sulfide) groups is 1. The number of nitrogens with zero attached hydrogens (tertiary/aromatic N) is 1. The molecule has 4 nitrogen and oxygen atoms in total. The van der Waals surface area contributed by atoms with Crippen LogP contribution >= 0.6 is 11.8 Å². The SMILES string of the molecule is COc1cccc(-c2c(C)c(Cc3c(F)cccc3F)c3n(c2=O)[C@H](C(N)c2cccc(F)c2)CS3)c1F. The lowest BCUT2D eigenvalue weighted by Gasteiger charge is -2.25. The molecule has 0 aliphatic carbocycles. The highest BCUT2D eigenvalue weighted by molar-refractivity contribution is 7.99. The van der Waals surface area contributed by atoms with E-state index in [2.05, 4.69) is 0 Å². The van der Waals surface area contributed by atoms with E-state index < -0.39 is 40.9 Å². The van der Waals surface area contributed by atoms with Gasteiger partial charge in [-0.2, -0.15) is 0 Å². The number of benzene rings is 3. The summed E-state index contributed by atoms with van der Waals surface area (Å²) in [5.74, 6) is -2.32. The summed E-state index contributed by atoms with van der Waals surface area (Å²) < 4.78 is 65.4. The van der Waals surface area contributed by atoms with E-state index in [0.717, 1.165) is 0 Å². The molecule has 0 radical (unpaired) electrons. The van der Waals surface area contributed by atoms with Crippen molar-refractivity contribution in [2.24, 2.45) is 5.73 Å². The quantitative estimate of drug-likeness (QED) is 0.291. The number of nitrogens with two attached hydrogens (primary N) is 1. The summed E-state index contributed by atoms with van der Waals surface area (Å²) in [6, 6.07) is 12.5. The molecule has 3 aromatic carbocycles. The van der Waals surface area contributed by atoms with E-state index in [4.69, 9.17) is 10.5 Å². The normalized spacial score (nSPS) is 15.4. The van der Waals surface area contributed by atoms with Gasteiger partial charge in [0.25, 0.3) is 5.56 Å². The Kier molecular flexibility index (Phi) is 7.07. The van der Waals surface area contributed by atoms with Crippen LogP contribution in [0.2, 0.25) is 0 Å². The third-order valence-electron chi connectivity index (χ3n) is 6.98. The number of hydrogen-bond acceptors (Lipinski definition) is 4. The second-order valence-corrected chi connectivity index (χ2v) is 10.1. The molecule has 38 heavy (non-hydrogen) atoms. The zero-order valence-corrected chi connectivity index (χ0v) is 21.4. The molecule has 9 heteroatoms. The van der Waals surface area contributed by atoms with Crippen LogP contribution in [0.15, 0.2) is 70.5 Å². The van der Waals surface area contributed by atoms with Crippen LogP contribution in [0.25, 0.3) is 11.1 Å². The fourth-order valence-electron chi connectivity index (χ4n) is 4.99. The first-order chi connectivity index (χ1) is 18.2. The van der Waals surface area contributed by atoms with Gasteiger partial charge in [0, 0.05) is 23.3 Å². The van der Waals surface area contributed by atoms with Crippen LogP contribution < -0.4 is 16.0 Å². The summed E-state index contributed by atoms with van der Waals surface area (Å²) in [5.41, 5.74) is 7.34. The largest absolute Gasteiger partial charge is 0.494 e. The van der Waals surface area contributed by atoms with Crippen LogP contribution in [-0.4, -0.2) is 17.4 Å². The van der Waals surface area contributed by atoms with Gasteiger partial charge in [0.05, 0.1) is 29.8 Å². The number of aromatic nitrogens is 1. The molecule has 2 N–H and O–H groups in total. The molecule has 196 valence electrons. The van der Waals surface area contributed by atoms with Crippen LogP contribution in [0.5, 0.6) is 5.75 Å². The van der Waals surface area contributed by atoms with Gasteiger partial charge >= 0.3 is 0 Å². The fraction of sp³-hybridized carbons (Fsp3) is 0.207. The molecule has 0 spiro atoms. The first kappa shape index (κ1) is 26.1. The first-order valence-corrected chi connectivity index (χ1v) is 12.9. The number of fused-ring (bicyclic) bond motifs is 1. The summed E-state index contributed by atoms with van der Waals surface area (Å²) in [6.45, 7) is 1.64. The Balaban J connectivity index is 1.77. The van der Waals surface area contributed by atoms with Crippen molar-refractivity contribution in [2.45, 2.75) is 30.5 Å². The van der Waals surface area contributed by atoms with E-state index in [1.165, 1.54) is 72.0 Å². The third-order valence-corrected chi connectivity index (χ3v) is 8.20. The van der Waals surface area contributed by atoms with E-state index in [9.17, 15) is 18.0 Å². The Morgan fingerprint density at radius 3 is 2.39 bits per heavy atom. The van der Waals surface area contributed by atoms with Crippen molar-refractivity contribution in [3.8, 4) is 16.9 Å². The minimum Gasteiger partial charge on any atom is -0.494 e. The third kappa shape index (κ3) is 4.39. The average Bonchev–Trinajstić information content (AvgIpc) is 3.34. The van der Waals surface area contributed by atoms with Crippen LogP contribution in [0.1, 0.15) is 34.3 Å². The molecule has 4 aromatic rings. The van der Waals surface area contributed by atoms with Crippen LogP contribution in [0, 0.1) is 30.2 Å². The van der Waals surface area contributed by atoms with Crippen molar-refractivity contribution in [2.75, 3.05) is 12.9 Å².